The Morgan fingerprint density at radius 1 is 1.44 bits per heavy atom. The molecule has 0 amide bonds. The molecule has 1 aromatic heterocycles. The zero-order valence-corrected chi connectivity index (χ0v) is 9.87. The molecule has 0 saturated carbocycles. The van der Waals surface area contributed by atoms with E-state index in [1.165, 1.54) is 6.33 Å². The number of piperazine rings is 1. The molecular formula is C11H17FN4. The van der Waals surface area contributed by atoms with Gasteiger partial charge in [-0.1, -0.05) is 0 Å². The summed E-state index contributed by atoms with van der Waals surface area (Å²) in [6, 6.07) is 0.603. The van der Waals surface area contributed by atoms with Gasteiger partial charge >= 0.3 is 0 Å². The Kier molecular flexibility index (Phi) is 3.05. The minimum atomic E-state index is -0.302. The Hall–Kier alpha value is -1.23. The van der Waals surface area contributed by atoms with E-state index < -0.39 is 0 Å². The second-order valence-electron chi connectivity index (χ2n) is 4.41. The number of rotatable bonds is 1. The van der Waals surface area contributed by atoms with Crippen LogP contribution < -0.4 is 10.2 Å². The largest absolute Gasteiger partial charge is 0.349 e. The van der Waals surface area contributed by atoms with Crippen LogP contribution >= 0.6 is 0 Å². The predicted octanol–water partition coefficient (Wildman–Crippen LogP) is 1.11. The van der Waals surface area contributed by atoms with Gasteiger partial charge in [-0.3, -0.25) is 0 Å². The average molecular weight is 224 g/mol. The summed E-state index contributed by atoms with van der Waals surface area (Å²) in [7, 11) is 0. The number of aryl methyl sites for hydroxylation is 1. The van der Waals surface area contributed by atoms with Crippen molar-refractivity contribution in [2.45, 2.75) is 32.9 Å². The molecule has 2 rings (SSSR count). The van der Waals surface area contributed by atoms with E-state index in [2.05, 4.69) is 29.1 Å². The SMILES string of the molecule is Cc1ncnc(N2CC(C)NCC2C)c1F. The predicted molar refractivity (Wildman–Crippen MR) is 61.0 cm³/mol. The third kappa shape index (κ3) is 2.00. The average Bonchev–Trinajstić information content (AvgIpc) is 2.26. The zero-order valence-electron chi connectivity index (χ0n) is 9.87. The van der Waals surface area contributed by atoms with Gasteiger partial charge in [-0.2, -0.15) is 0 Å². The number of nitrogens with zero attached hydrogens (tertiary/aromatic N) is 3. The van der Waals surface area contributed by atoms with Crippen molar-refractivity contribution in [3.63, 3.8) is 0 Å². The second-order valence-corrected chi connectivity index (χ2v) is 4.41. The summed E-state index contributed by atoms with van der Waals surface area (Å²) in [5, 5.41) is 3.36. The molecule has 1 aromatic rings. The standard InChI is InChI=1S/C11H17FN4/c1-7-5-16(8(2)4-13-7)11-10(12)9(3)14-6-15-11/h6-8,13H,4-5H2,1-3H3. The van der Waals surface area contributed by atoms with Gasteiger partial charge < -0.3 is 10.2 Å². The van der Waals surface area contributed by atoms with Gasteiger partial charge in [0, 0.05) is 25.2 Å². The van der Waals surface area contributed by atoms with Gasteiger partial charge in [-0.25, -0.2) is 14.4 Å². The van der Waals surface area contributed by atoms with Crippen molar-refractivity contribution in [2.24, 2.45) is 0 Å². The van der Waals surface area contributed by atoms with Crippen LogP contribution in [-0.4, -0.2) is 35.1 Å². The fourth-order valence-electron chi connectivity index (χ4n) is 1.96. The molecule has 0 spiro atoms. The molecule has 2 unspecified atom stereocenters. The Morgan fingerprint density at radius 2 is 2.19 bits per heavy atom. The Bertz CT molecular complexity index is 382. The fourth-order valence-corrected chi connectivity index (χ4v) is 1.96. The van der Waals surface area contributed by atoms with Crippen LogP contribution in [0, 0.1) is 12.7 Å². The number of aromatic nitrogens is 2. The van der Waals surface area contributed by atoms with E-state index in [4.69, 9.17) is 0 Å². The molecule has 0 aromatic carbocycles. The zero-order chi connectivity index (χ0) is 11.7. The molecule has 16 heavy (non-hydrogen) atoms. The van der Waals surface area contributed by atoms with Crippen molar-refractivity contribution in [2.75, 3.05) is 18.0 Å². The van der Waals surface area contributed by atoms with Crippen LogP contribution in [0.4, 0.5) is 10.2 Å². The molecule has 2 heterocycles. The first kappa shape index (κ1) is 11.3. The maximum atomic E-state index is 13.9. The van der Waals surface area contributed by atoms with E-state index in [1.807, 2.05) is 4.90 Å². The molecule has 0 radical (unpaired) electrons. The summed E-state index contributed by atoms with van der Waals surface area (Å²) in [6.45, 7) is 7.44. The van der Waals surface area contributed by atoms with Crippen LogP contribution in [0.3, 0.4) is 0 Å². The van der Waals surface area contributed by atoms with Gasteiger partial charge in [0.25, 0.3) is 0 Å². The summed E-state index contributed by atoms with van der Waals surface area (Å²) in [6.07, 6.45) is 1.42. The number of halogens is 1. The first-order valence-electron chi connectivity index (χ1n) is 5.56. The van der Waals surface area contributed by atoms with Crippen LogP contribution in [0.5, 0.6) is 0 Å². The Balaban J connectivity index is 2.31. The highest BCUT2D eigenvalue weighted by molar-refractivity contribution is 5.42. The molecule has 1 aliphatic heterocycles. The van der Waals surface area contributed by atoms with E-state index in [0.29, 0.717) is 17.6 Å². The molecular weight excluding hydrogens is 207 g/mol. The van der Waals surface area contributed by atoms with Crippen molar-refractivity contribution in [1.82, 2.24) is 15.3 Å². The number of nitrogens with one attached hydrogen (secondary N) is 1. The topological polar surface area (TPSA) is 41.1 Å². The van der Waals surface area contributed by atoms with Crippen molar-refractivity contribution in [1.29, 1.82) is 0 Å². The van der Waals surface area contributed by atoms with Crippen LogP contribution in [0.25, 0.3) is 0 Å². The molecule has 88 valence electrons. The van der Waals surface area contributed by atoms with Gasteiger partial charge in [-0.05, 0) is 20.8 Å². The van der Waals surface area contributed by atoms with Gasteiger partial charge in [0.2, 0.25) is 0 Å². The first-order chi connectivity index (χ1) is 7.59. The monoisotopic (exact) mass is 224 g/mol. The molecule has 0 aliphatic carbocycles. The van der Waals surface area contributed by atoms with Crippen LogP contribution in [0.2, 0.25) is 0 Å². The minimum absolute atomic E-state index is 0.250. The van der Waals surface area contributed by atoms with Crippen LogP contribution in [0.1, 0.15) is 19.5 Å². The summed E-state index contributed by atoms with van der Waals surface area (Å²) in [5.74, 6) is 0.122. The van der Waals surface area contributed by atoms with Gasteiger partial charge in [0.1, 0.15) is 6.33 Å². The Labute approximate surface area is 94.9 Å². The highest BCUT2D eigenvalue weighted by Crippen LogP contribution is 2.21. The van der Waals surface area contributed by atoms with Gasteiger partial charge in [0.05, 0.1) is 5.69 Å². The van der Waals surface area contributed by atoms with Crippen molar-refractivity contribution < 1.29 is 4.39 Å². The summed E-state index contributed by atoms with van der Waals surface area (Å²) >= 11 is 0. The lowest BCUT2D eigenvalue weighted by atomic mass is 10.1. The Morgan fingerprint density at radius 3 is 2.94 bits per heavy atom. The van der Waals surface area contributed by atoms with E-state index >= 15 is 0 Å². The van der Waals surface area contributed by atoms with E-state index in [9.17, 15) is 4.39 Å². The van der Waals surface area contributed by atoms with Gasteiger partial charge in [-0.15, -0.1) is 0 Å². The maximum Gasteiger partial charge on any atom is 0.186 e. The highest BCUT2D eigenvalue weighted by Gasteiger charge is 2.26. The molecule has 0 bridgehead atoms. The maximum absolute atomic E-state index is 13.9. The summed E-state index contributed by atoms with van der Waals surface area (Å²) in [5.41, 5.74) is 0.406. The minimum Gasteiger partial charge on any atom is -0.349 e. The van der Waals surface area contributed by atoms with Crippen molar-refractivity contribution >= 4 is 5.82 Å². The lowest BCUT2D eigenvalue weighted by Crippen LogP contribution is -2.55. The summed E-state index contributed by atoms with van der Waals surface area (Å²) < 4.78 is 13.9. The number of anilines is 1. The quantitative estimate of drug-likeness (QED) is 0.776. The van der Waals surface area contributed by atoms with Crippen molar-refractivity contribution in [3.05, 3.63) is 17.8 Å². The third-order valence-electron chi connectivity index (χ3n) is 2.98. The van der Waals surface area contributed by atoms with E-state index in [-0.39, 0.29) is 11.9 Å². The lowest BCUT2D eigenvalue weighted by Gasteiger charge is -2.38. The molecule has 1 saturated heterocycles. The molecule has 1 N–H and O–H groups in total. The van der Waals surface area contributed by atoms with Gasteiger partial charge in [0.15, 0.2) is 11.6 Å². The molecule has 1 aliphatic rings. The molecule has 4 nitrogen and oxygen atoms in total. The highest BCUT2D eigenvalue weighted by atomic mass is 19.1. The second kappa shape index (κ2) is 4.33. The summed E-state index contributed by atoms with van der Waals surface area (Å²) in [4.78, 5) is 9.91. The van der Waals surface area contributed by atoms with E-state index in [1.54, 1.807) is 6.92 Å². The molecule has 1 fully saturated rings. The van der Waals surface area contributed by atoms with Crippen LogP contribution in [-0.2, 0) is 0 Å². The fraction of sp³-hybridized carbons (Fsp3) is 0.636. The normalized spacial score (nSPS) is 25.9. The number of hydrogen-bond donors (Lipinski definition) is 1. The smallest absolute Gasteiger partial charge is 0.186 e. The third-order valence-corrected chi connectivity index (χ3v) is 2.98. The first-order valence-corrected chi connectivity index (χ1v) is 5.56. The molecule has 5 heteroatoms. The lowest BCUT2D eigenvalue weighted by molar-refractivity contribution is 0.416. The van der Waals surface area contributed by atoms with Crippen LogP contribution in [0.15, 0.2) is 6.33 Å². The van der Waals surface area contributed by atoms with E-state index in [0.717, 1.165) is 13.1 Å². The molecule has 2 atom stereocenters. The van der Waals surface area contributed by atoms with Crippen molar-refractivity contribution in [3.8, 4) is 0 Å². The number of hydrogen-bond acceptors (Lipinski definition) is 4.